The van der Waals surface area contributed by atoms with Crippen LogP contribution in [-0.2, 0) is 0 Å². The summed E-state index contributed by atoms with van der Waals surface area (Å²) < 4.78 is 6.63. The molecule has 1 unspecified atom stereocenters. The minimum absolute atomic E-state index is 0.0941. The van der Waals surface area contributed by atoms with Crippen LogP contribution >= 0.6 is 15.9 Å². The lowest BCUT2D eigenvalue weighted by Gasteiger charge is -2.24. The van der Waals surface area contributed by atoms with Crippen molar-refractivity contribution in [2.75, 3.05) is 0 Å². The van der Waals surface area contributed by atoms with Crippen molar-refractivity contribution in [1.82, 2.24) is 10.2 Å². The van der Waals surface area contributed by atoms with E-state index in [1.807, 2.05) is 24.3 Å². The lowest BCUT2D eigenvalue weighted by atomic mass is 9.82. The van der Waals surface area contributed by atoms with Gasteiger partial charge in [-0.1, -0.05) is 51.8 Å². The number of nitrogens with zero attached hydrogens (tertiary/aromatic N) is 2. The van der Waals surface area contributed by atoms with Crippen molar-refractivity contribution < 1.29 is 4.74 Å². The predicted octanol–water partition coefficient (Wildman–Crippen LogP) is 4.67. The van der Waals surface area contributed by atoms with E-state index < -0.39 is 0 Å². The van der Waals surface area contributed by atoms with Crippen LogP contribution in [0, 0.1) is 25.2 Å². The number of aromatic amines is 1. The number of hydrogen-bond donors (Lipinski definition) is 2. The minimum Gasteiger partial charge on any atom is -0.420 e. The molecule has 3 N–H and O–H groups in total. The van der Waals surface area contributed by atoms with Crippen LogP contribution in [0.25, 0.3) is 11.3 Å². The molecule has 6 heteroatoms. The van der Waals surface area contributed by atoms with Crippen molar-refractivity contribution >= 4 is 15.9 Å². The molecule has 27 heavy (non-hydrogen) atoms. The lowest BCUT2D eigenvalue weighted by Crippen LogP contribution is -2.21. The zero-order chi connectivity index (χ0) is 19.1. The Kier molecular flexibility index (Phi) is 4.25. The van der Waals surface area contributed by atoms with Gasteiger partial charge in [-0.3, -0.25) is 5.10 Å². The SMILES string of the molecule is Cc1ccc(-c2[nH]nc3c2C(c2ccc(Br)cc2)C(C#N)=C(N)O3)c(C)c1. The van der Waals surface area contributed by atoms with Crippen LogP contribution in [0.2, 0.25) is 0 Å². The molecule has 0 aliphatic carbocycles. The van der Waals surface area contributed by atoms with Gasteiger partial charge in [0.05, 0.1) is 17.2 Å². The fraction of sp³-hybridized carbons (Fsp3) is 0.143. The third-order valence-electron chi connectivity index (χ3n) is 4.79. The maximum Gasteiger partial charge on any atom is 0.244 e. The molecule has 0 bridgehead atoms. The number of nitriles is 1. The fourth-order valence-electron chi connectivity index (χ4n) is 3.53. The van der Waals surface area contributed by atoms with E-state index in [1.165, 1.54) is 5.56 Å². The van der Waals surface area contributed by atoms with Gasteiger partial charge in [0.2, 0.25) is 11.8 Å². The molecule has 0 fully saturated rings. The maximum atomic E-state index is 9.76. The van der Waals surface area contributed by atoms with Gasteiger partial charge in [0.15, 0.2) is 0 Å². The standard InChI is InChI=1S/C21H17BrN4O/c1-11-3-8-15(12(2)9-11)19-18-17(13-4-6-14(22)7-5-13)16(10-23)20(24)27-21(18)26-25-19/h3-9,17H,24H2,1-2H3,(H,25,26). The highest BCUT2D eigenvalue weighted by Gasteiger charge is 2.35. The van der Waals surface area contributed by atoms with E-state index >= 15 is 0 Å². The molecule has 0 saturated heterocycles. The Bertz CT molecular complexity index is 1110. The first-order chi connectivity index (χ1) is 13.0. The average Bonchev–Trinajstić information content (AvgIpc) is 3.04. The van der Waals surface area contributed by atoms with Gasteiger partial charge in [0.1, 0.15) is 11.6 Å². The number of aryl methyl sites for hydroxylation is 2. The third-order valence-corrected chi connectivity index (χ3v) is 5.32. The van der Waals surface area contributed by atoms with Crippen LogP contribution < -0.4 is 10.5 Å². The summed E-state index contributed by atoms with van der Waals surface area (Å²) in [5, 5.41) is 17.2. The molecule has 0 amide bonds. The van der Waals surface area contributed by atoms with Crippen molar-refractivity contribution in [3.05, 3.63) is 80.6 Å². The number of H-pyrrole nitrogens is 1. The first-order valence-corrected chi connectivity index (χ1v) is 9.28. The lowest BCUT2D eigenvalue weighted by molar-refractivity contribution is 0.379. The largest absolute Gasteiger partial charge is 0.420 e. The van der Waals surface area contributed by atoms with Crippen LogP contribution in [0.3, 0.4) is 0 Å². The highest BCUT2D eigenvalue weighted by molar-refractivity contribution is 9.10. The van der Waals surface area contributed by atoms with Crippen LogP contribution in [-0.4, -0.2) is 10.2 Å². The summed E-state index contributed by atoms with van der Waals surface area (Å²) >= 11 is 3.46. The first kappa shape index (κ1) is 17.4. The van der Waals surface area contributed by atoms with Gasteiger partial charge >= 0.3 is 0 Å². The average molecular weight is 421 g/mol. The van der Waals surface area contributed by atoms with Crippen LogP contribution in [0.5, 0.6) is 5.88 Å². The fourth-order valence-corrected chi connectivity index (χ4v) is 3.80. The van der Waals surface area contributed by atoms with Crippen molar-refractivity contribution in [3.8, 4) is 23.2 Å². The van der Waals surface area contributed by atoms with Crippen molar-refractivity contribution in [1.29, 1.82) is 5.26 Å². The minimum atomic E-state index is -0.346. The number of ether oxygens (including phenoxy) is 1. The van der Waals surface area contributed by atoms with Crippen molar-refractivity contribution in [3.63, 3.8) is 0 Å². The molecular weight excluding hydrogens is 404 g/mol. The third kappa shape index (κ3) is 2.90. The van der Waals surface area contributed by atoms with E-state index in [0.717, 1.165) is 32.4 Å². The topological polar surface area (TPSA) is 87.7 Å². The second kappa shape index (κ2) is 6.60. The van der Waals surface area contributed by atoms with E-state index in [2.05, 4.69) is 64.2 Å². The number of benzene rings is 2. The number of nitrogens with two attached hydrogens (primary N) is 1. The summed E-state index contributed by atoms with van der Waals surface area (Å²) in [7, 11) is 0. The molecule has 1 aliphatic rings. The molecule has 0 radical (unpaired) electrons. The predicted molar refractivity (Wildman–Crippen MR) is 107 cm³/mol. The highest BCUT2D eigenvalue weighted by atomic mass is 79.9. The molecule has 1 aliphatic heterocycles. The van der Waals surface area contributed by atoms with Gasteiger partial charge < -0.3 is 10.5 Å². The number of rotatable bonds is 2. The second-order valence-electron chi connectivity index (χ2n) is 6.61. The monoisotopic (exact) mass is 420 g/mol. The molecule has 1 aromatic heterocycles. The van der Waals surface area contributed by atoms with E-state index in [0.29, 0.717) is 11.5 Å². The highest BCUT2D eigenvalue weighted by Crippen LogP contribution is 2.46. The molecule has 5 nitrogen and oxygen atoms in total. The Morgan fingerprint density at radius 2 is 1.93 bits per heavy atom. The number of allylic oxidation sites excluding steroid dienone is 1. The van der Waals surface area contributed by atoms with Gasteiger partial charge in [-0.05, 0) is 37.1 Å². The molecule has 2 aromatic carbocycles. The molecule has 3 aromatic rings. The van der Waals surface area contributed by atoms with Crippen LogP contribution in [0.15, 0.2) is 58.4 Å². The summed E-state index contributed by atoms with van der Waals surface area (Å²) in [6.45, 7) is 4.12. The number of nitrogens with one attached hydrogen (secondary N) is 1. The van der Waals surface area contributed by atoms with Gasteiger partial charge in [-0.2, -0.15) is 5.26 Å². The Labute approximate surface area is 165 Å². The van der Waals surface area contributed by atoms with E-state index in [-0.39, 0.29) is 11.8 Å². The molecule has 4 rings (SSSR count). The van der Waals surface area contributed by atoms with Gasteiger partial charge in [-0.15, -0.1) is 5.10 Å². The smallest absolute Gasteiger partial charge is 0.244 e. The molecule has 2 heterocycles. The maximum absolute atomic E-state index is 9.76. The summed E-state index contributed by atoms with van der Waals surface area (Å²) in [5.74, 6) is 0.160. The van der Waals surface area contributed by atoms with E-state index in [9.17, 15) is 5.26 Å². The molecule has 0 spiro atoms. The van der Waals surface area contributed by atoms with Gasteiger partial charge in [0, 0.05) is 10.0 Å². The molecule has 1 atom stereocenters. The van der Waals surface area contributed by atoms with E-state index in [4.69, 9.17) is 10.5 Å². The Balaban J connectivity index is 1.96. The number of halogens is 1. The normalized spacial score (nSPS) is 15.9. The Morgan fingerprint density at radius 1 is 1.19 bits per heavy atom. The van der Waals surface area contributed by atoms with Crippen molar-refractivity contribution in [2.45, 2.75) is 19.8 Å². The zero-order valence-corrected chi connectivity index (χ0v) is 16.5. The summed E-state index contributed by atoms with van der Waals surface area (Å²) in [6.07, 6.45) is 0. The Morgan fingerprint density at radius 3 is 2.59 bits per heavy atom. The van der Waals surface area contributed by atoms with Crippen LogP contribution in [0.1, 0.15) is 28.2 Å². The van der Waals surface area contributed by atoms with Crippen molar-refractivity contribution in [2.24, 2.45) is 5.73 Å². The first-order valence-electron chi connectivity index (χ1n) is 8.48. The Hall–Kier alpha value is -3.04. The second-order valence-corrected chi connectivity index (χ2v) is 7.53. The number of hydrogen-bond acceptors (Lipinski definition) is 4. The number of aromatic nitrogens is 2. The van der Waals surface area contributed by atoms with E-state index in [1.54, 1.807) is 0 Å². The van der Waals surface area contributed by atoms with Crippen LogP contribution in [0.4, 0.5) is 0 Å². The summed E-state index contributed by atoms with van der Waals surface area (Å²) in [4.78, 5) is 0. The molecule has 0 saturated carbocycles. The zero-order valence-electron chi connectivity index (χ0n) is 14.9. The summed E-state index contributed by atoms with van der Waals surface area (Å²) in [5.41, 5.74) is 12.4. The number of fused-ring (bicyclic) bond motifs is 1. The molecule has 134 valence electrons. The quantitative estimate of drug-likeness (QED) is 0.629. The summed E-state index contributed by atoms with van der Waals surface area (Å²) in [6, 6.07) is 16.3. The van der Waals surface area contributed by atoms with Gasteiger partial charge in [-0.25, -0.2) is 0 Å². The van der Waals surface area contributed by atoms with Gasteiger partial charge in [0.25, 0.3) is 0 Å². The molecular formula is C21H17BrN4O.